The Labute approximate surface area is 141 Å². The highest BCUT2D eigenvalue weighted by Crippen LogP contribution is 2.28. The first-order valence-electron chi connectivity index (χ1n) is 7.83. The van der Waals surface area contributed by atoms with E-state index in [1.807, 2.05) is 29.6 Å². The minimum absolute atomic E-state index is 0.0258. The summed E-state index contributed by atoms with van der Waals surface area (Å²) in [5.41, 5.74) is 2.07. The van der Waals surface area contributed by atoms with Crippen molar-refractivity contribution in [3.63, 3.8) is 0 Å². The maximum atomic E-state index is 12.3. The third kappa shape index (κ3) is 4.48. The Morgan fingerprint density at radius 1 is 1.22 bits per heavy atom. The van der Waals surface area contributed by atoms with E-state index >= 15 is 0 Å². The summed E-state index contributed by atoms with van der Waals surface area (Å²) in [5, 5.41) is 4.92. The molecule has 2 aromatic rings. The van der Waals surface area contributed by atoms with Gasteiger partial charge in [0.15, 0.2) is 11.5 Å². The molecule has 0 spiro atoms. The number of amides is 1. The number of rotatable bonds is 8. The highest BCUT2D eigenvalue weighted by molar-refractivity contribution is 7.12. The van der Waals surface area contributed by atoms with Crippen LogP contribution in [-0.2, 0) is 13.0 Å². The number of benzene rings is 1. The Morgan fingerprint density at radius 3 is 2.74 bits per heavy atom. The maximum absolute atomic E-state index is 12.3. The Hall–Kier alpha value is -2.01. The average molecular weight is 333 g/mol. The molecule has 0 aliphatic heterocycles. The molecule has 124 valence electrons. The average Bonchev–Trinajstić information content (AvgIpc) is 3.06. The van der Waals surface area contributed by atoms with Crippen LogP contribution in [0.5, 0.6) is 11.5 Å². The van der Waals surface area contributed by atoms with Crippen LogP contribution < -0.4 is 14.8 Å². The lowest BCUT2D eigenvalue weighted by atomic mass is 10.2. The molecule has 0 saturated carbocycles. The van der Waals surface area contributed by atoms with Crippen molar-refractivity contribution in [2.45, 2.75) is 33.2 Å². The Kier molecular flexibility index (Phi) is 6.47. The molecule has 0 aliphatic rings. The lowest BCUT2D eigenvalue weighted by Gasteiger charge is -2.12. The van der Waals surface area contributed by atoms with Gasteiger partial charge in [0.05, 0.1) is 18.6 Å². The van der Waals surface area contributed by atoms with E-state index in [0.29, 0.717) is 18.9 Å². The zero-order chi connectivity index (χ0) is 16.7. The molecule has 1 N–H and O–H groups in total. The van der Waals surface area contributed by atoms with Crippen molar-refractivity contribution in [1.82, 2.24) is 5.32 Å². The molecule has 1 heterocycles. The molecule has 5 heteroatoms. The normalized spacial score (nSPS) is 10.4. The monoisotopic (exact) mass is 333 g/mol. The molecule has 1 aromatic heterocycles. The van der Waals surface area contributed by atoms with E-state index in [2.05, 4.69) is 19.2 Å². The van der Waals surface area contributed by atoms with Gasteiger partial charge >= 0.3 is 0 Å². The van der Waals surface area contributed by atoms with E-state index in [1.165, 1.54) is 11.3 Å². The molecule has 1 aromatic carbocycles. The van der Waals surface area contributed by atoms with Crippen LogP contribution in [0.4, 0.5) is 0 Å². The van der Waals surface area contributed by atoms with Crippen LogP contribution in [-0.4, -0.2) is 19.6 Å². The Morgan fingerprint density at radius 2 is 2.04 bits per heavy atom. The summed E-state index contributed by atoms with van der Waals surface area (Å²) in [5.74, 6) is 1.40. The van der Waals surface area contributed by atoms with E-state index in [0.717, 1.165) is 34.6 Å². The third-order valence-corrected chi connectivity index (χ3v) is 4.43. The number of carbonyl (C=O) groups is 1. The standard InChI is InChI=1S/C18H23NO3S/c1-4-9-22-15-7-6-13(11-16(15)21-3)12-19-18(20)17-14(5-2)8-10-23-17/h6-8,10-11H,4-5,9,12H2,1-3H3,(H,19,20). The van der Waals surface area contributed by atoms with E-state index < -0.39 is 0 Å². The molecule has 0 fully saturated rings. The van der Waals surface area contributed by atoms with Crippen LogP contribution in [0.3, 0.4) is 0 Å². The zero-order valence-corrected chi connectivity index (χ0v) is 14.7. The lowest BCUT2D eigenvalue weighted by molar-refractivity contribution is 0.0954. The summed E-state index contributed by atoms with van der Waals surface area (Å²) in [4.78, 5) is 13.1. The van der Waals surface area contributed by atoms with E-state index in [-0.39, 0.29) is 5.91 Å². The quantitative estimate of drug-likeness (QED) is 0.793. The van der Waals surface area contributed by atoms with Crippen molar-refractivity contribution in [2.75, 3.05) is 13.7 Å². The van der Waals surface area contributed by atoms with Gasteiger partial charge in [-0.1, -0.05) is 19.9 Å². The summed E-state index contributed by atoms with van der Waals surface area (Å²) < 4.78 is 11.0. The summed E-state index contributed by atoms with van der Waals surface area (Å²) in [7, 11) is 1.62. The molecule has 0 unspecified atom stereocenters. The molecule has 0 saturated heterocycles. The highest BCUT2D eigenvalue weighted by Gasteiger charge is 2.12. The fourth-order valence-corrected chi connectivity index (χ4v) is 3.14. The predicted molar refractivity (Wildman–Crippen MR) is 93.6 cm³/mol. The van der Waals surface area contributed by atoms with Crippen LogP contribution >= 0.6 is 11.3 Å². The number of hydrogen-bond donors (Lipinski definition) is 1. The fourth-order valence-electron chi connectivity index (χ4n) is 2.23. The Bertz CT molecular complexity index is 651. The molecule has 4 nitrogen and oxygen atoms in total. The number of carbonyl (C=O) groups excluding carboxylic acids is 1. The summed E-state index contributed by atoms with van der Waals surface area (Å²) in [6, 6.07) is 7.74. The van der Waals surface area contributed by atoms with Gasteiger partial charge < -0.3 is 14.8 Å². The number of methoxy groups -OCH3 is 1. The molecule has 0 bridgehead atoms. The SMILES string of the molecule is CCCOc1ccc(CNC(=O)c2sccc2CC)cc1OC. The molecule has 0 radical (unpaired) electrons. The van der Waals surface area contributed by atoms with Gasteiger partial charge in [-0.15, -0.1) is 11.3 Å². The largest absolute Gasteiger partial charge is 0.493 e. The number of ether oxygens (including phenoxy) is 2. The van der Waals surface area contributed by atoms with Crippen LogP contribution in [0.1, 0.15) is 41.1 Å². The first-order valence-corrected chi connectivity index (χ1v) is 8.71. The van der Waals surface area contributed by atoms with Gasteiger partial charge in [-0.3, -0.25) is 4.79 Å². The third-order valence-electron chi connectivity index (χ3n) is 3.48. The molecular formula is C18H23NO3S. The van der Waals surface area contributed by atoms with Gasteiger partial charge in [0.1, 0.15) is 0 Å². The molecule has 1 amide bonds. The minimum atomic E-state index is -0.0258. The van der Waals surface area contributed by atoms with Gasteiger partial charge in [0.2, 0.25) is 0 Å². The topological polar surface area (TPSA) is 47.6 Å². The van der Waals surface area contributed by atoms with Gasteiger partial charge in [-0.25, -0.2) is 0 Å². The van der Waals surface area contributed by atoms with Gasteiger partial charge in [0.25, 0.3) is 5.91 Å². The molecular weight excluding hydrogens is 310 g/mol. The number of nitrogens with one attached hydrogen (secondary N) is 1. The van der Waals surface area contributed by atoms with Gasteiger partial charge in [-0.2, -0.15) is 0 Å². The van der Waals surface area contributed by atoms with Crippen molar-refractivity contribution in [1.29, 1.82) is 0 Å². The van der Waals surface area contributed by atoms with E-state index in [4.69, 9.17) is 9.47 Å². The van der Waals surface area contributed by atoms with Crippen molar-refractivity contribution < 1.29 is 14.3 Å². The van der Waals surface area contributed by atoms with Crippen LogP contribution in [0.25, 0.3) is 0 Å². The minimum Gasteiger partial charge on any atom is -0.493 e. The Balaban J connectivity index is 2.01. The molecule has 2 rings (SSSR count). The molecule has 0 atom stereocenters. The smallest absolute Gasteiger partial charge is 0.261 e. The highest BCUT2D eigenvalue weighted by atomic mass is 32.1. The second-order valence-corrected chi connectivity index (χ2v) is 6.06. The number of aryl methyl sites for hydroxylation is 1. The van der Waals surface area contributed by atoms with Crippen molar-refractivity contribution >= 4 is 17.2 Å². The zero-order valence-electron chi connectivity index (χ0n) is 13.8. The van der Waals surface area contributed by atoms with Crippen molar-refractivity contribution in [2.24, 2.45) is 0 Å². The summed E-state index contributed by atoms with van der Waals surface area (Å²) in [6.45, 7) is 5.24. The molecule has 23 heavy (non-hydrogen) atoms. The van der Waals surface area contributed by atoms with Crippen molar-refractivity contribution in [3.8, 4) is 11.5 Å². The predicted octanol–water partition coefficient (Wildman–Crippen LogP) is 4.04. The van der Waals surface area contributed by atoms with Crippen LogP contribution in [0.2, 0.25) is 0 Å². The van der Waals surface area contributed by atoms with E-state index in [1.54, 1.807) is 7.11 Å². The molecule has 0 aliphatic carbocycles. The van der Waals surface area contributed by atoms with Gasteiger partial charge in [-0.05, 0) is 47.5 Å². The van der Waals surface area contributed by atoms with Crippen LogP contribution in [0.15, 0.2) is 29.6 Å². The van der Waals surface area contributed by atoms with Gasteiger partial charge in [0, 0.05) is 6.54 Å². The first-order chi connectivity index (χ1) is 11.2. The number of thiophene rings is 1. The maximum Gasteiger partial charge on any atom is 0.261 e. The summed E-state index contributed by atoms with van der Waals surface area (Å²) >= 11 is 1.48. The summed E-state index contributed by atoms with van der Waals surface area (Å²) in [6.07, 6.45) is 1.81. The van der Waals surface area contributed by atoms with Crippen molar-refractivity contribution in [3.05, 3.63) is 45.6 Å². The second kappa shape index (κ2) is 8.58. The second-order valence-electron chi connectivity index (χ2n) is 5.14. The van der Waals surface area contributed by atoms with E-state index in [9.17, 15) is 4.79 Å². The fraction of sp³-hybridized carbons (Fsp3) is 0.389. The lowest BCUT2D eigenvalue weighted by Crippen LogP contribution is -2.22. The number of hydrogen-bond acceptors (Lipinski definition) is 4. The van der Waals surface area contributed by atoms with Crippen LogP contribution in [0, 0.1) is 0 Å². The first kappa shape index (κ1) is 17.3.